The molecule has 1 aromatic heterocycles. The number of aryl methyl sites for hydroxylation is 1. The van der Waals surface area contributed by atoms with Gasteiger partial charge < -0.3 is 4.74 Å². The molecule has 1 aromatic carbocycles. The normalized spacial score (nSPS) is 21.5. The molecule has 0 aliphatic heterocycles. The number of aromatic amines is 1. The van der Waals surface area contributed by atoms with Crippen molar-refractivity contribution >= 4 is 5.78 Å². The molecule has 0 radical (unpaired) electrons. The summed E-state index contributed by atoms with van der Waals surface area (Å²) >= 11 is 0. The Morgan fingerprint density at radius 2 is 2.00 bits per heavy atom. The number of nitrogens with one attached hydrogen (secondary N) is 1. The lowest BCUT2D eigenvalue weighted by molar-refractivity contribution is 0.0591. The highest BCUT2D eigenvalue weighted by molar-refractivity contribution is 6.05. The van der Waals surface area contributed by atoms with Crippen molar-refractivity contribution < 1.29 is 18.3 Å². The lowest BCUT2D eigenvalue weighted by Gasteiger charge is -2.38. The van der Waals surface area contributed by atoms with Crippen molar-refractivity contribution in [3.05, 3.63) is 34.7 Å². The Hall–Kier alpha value is -2.38. The van der Waals surface area contributed by atoms with Crippen LogP contribution in [0.5, 0.6) is 5.75 Å². The van der Waals surface area contributed by atoms with Crippen LogP contribution in [0.25, 0.3) is 0 Å². The van der Waals surface area contributed by atoms with Crippen LogP contribution in [0.2, 0.25) is 0 Å². The zero-order valence-corrected chi connectivity index (χ0v) is 18.1. The highest BCUT2D eigenvalue weighted by Crippen LogP contribution is 2.52. The number of benzene rings is 1. The maximum Gasteiger partial charge on any atom is 0.201 e. The summed E-state index contributed by atoms with van der Waals surface area (Å²) in [6, 6.07) is 1.55. The van der Waals surface area contributed by atoms with E-state index in [-0.39, 0.29) is 29.6 Å². The molecule has 2 aliphatic rings. The van der Waals surface area contributed by atoms with Crippen molar-refractivity contribution in [3.63, 3.8) is 0 Å². The third kappa shape index (κ3) is 4.21. The van der Waals surface area contributed by atoms with Crippen molar-refractivity contribution in [1.82, 2.24) is 20.6 Å². The first-order valence-electron chi connectivity index (χ1n) is 11.5. The molecule has 31 heavy (non-hydrogen) atoms. The molecule has 0 spiro atoms. The Morgan fingerprint density at radius 3 is 2.71 bits per heavy atom. The van der Waals surface area contributed by atoms with Crippen LogP contribution in [0.4, 0.5) is 8.78 Å². The van der Waals surface area contributed by atoms with Gasteiger partial charge in [0.05, 0.1) is 12.2 Å². The van der Waals surface area contributed by atoms with Gasteiger partial charge in [-0.1, -0.05) is 44.2 Å². The summed E-state index contributed by atoms with van der Waals surface area (Å²) in [4.78, 5) is 13.5. The quantitative estimate of drug-likeness (QED) is 0.565. The molecule has 0 amide bonds. The summed E-state index contributed by atoms with van der Waals surface area (Å²) < 4.78 is 35.4. The number of Topliss-reactive ketones (excluding diaryl/α,β-unsaturated/α-hetero) is 1. The number of carbonyl (C=O) groups excluding carboxylic acids is 1. The second-order valence-corrected chi connectivity index (χ2v) is 8.92. The van der Waals surface area contributed by atoms with Crippen molar-refractivity contribution in [2.75, 3.05) is 6.61 Å². The van der Waals surface area contributed by atoms with Crippen molar-refractivity contribution in [1.29, 1.82) is 0 Å². The molecule has 1 atom stereocenters. The van der Waals surface area contributed by atoms with E-state index in [1.54, 1.807) is 6.07 Å². The van der Waals surface area contributed by atoms with Crippen LogP contribution in [0.1, 0.15) is 86.5 Å². The van der Waals surface area contributed by atoms with E-state index < -0.39 is 17.0 Å². The molecule has 2 aromatic rings. The molecule has 2 aliphatic carbocycles. The minimum absolute atomic E-state index is 0.0432. The molecule has 6 nitrogen and oxygen atoms in total. The van der Waals surface area contributed by atoms with Gasteiger partial charge in [-0.15, -0.1) is 10.2 Å². The van der Waals surface area contributed by atoms with Crippen LogP contribution in [0.3, 0.4) is 0 Å². The lowest BCUT2D eigenvalue weighted by Crippen LogP contribution is -2.38. The number of rotatable bonds is 9. The van der Waals surface area contributed by atoms with E-state index in [9.17, 15) is 9.18 Å². The largest absolute Gasteiger partial charge is 0.490 e. The molecule has 1 fully saturated rings. The summed E-state index contributed by atoms with van der Waals surface area (Å²) in [5.74, 6) is -1.64. The van der Waals surface area contributed by atoms with E-state index in [0.717, 1.165) is 44.9 Å². The SMILES string of the molecule is CCCC[C@@]1(C2CCCCC2)Cc2cc(OCCCc3nn[nH]n3)c(F)c(F)c2C1=O. The number of hydrogen-bond donors (Lipinski definition) is 1. The molecule has 8 heteroatoms. The number of fused-ring (bicyclic) bond motifs is 1. The number of carbonyl (C=O) groups is 1. The number of halogens is 2. The number of hydrogen-bond acceptors (Lipinski definition) is 5. The molecular formula is C23H30F2N4O2. The fourth-order valence-electron chi connectivity index (χ4n) is 5.40. The Morgan fingerprint density at radius 1 is 1.19 bits per heavy atom. The number of ketones is 1. The number of ether oxygens (including phenoxy) is 1. The molecule has 4 rings (SSSR count). The van der Waals surface area contributed by atoms with Gasteiger partial charge in [0.25, 0.3) is 0 Å². The maximum atomic E-state index is 15.1. The third-order valence-electron chi connectivity index (χ3n) is 6.99. The van der Waals surface area contributed by atoms with E-state index in [2.05, 4.69) is 27.5 Å². The highest BCUT2D eigenvalue weighted by atomic mass is 19.2. The number of unbranched alkanes of at least 4 members (excludes halogenated alkanes) is 1. The number of nitrogens with zero attached hydrogens (tertiary/aromatic N) is 3. The average Bonchev–Trinajstić information content (AvgIpc) is 3.40. The first-order chi connectivity index (χ1) is 15.1. The highest BCUT2D eigenvalue weighted by Gasteiger charge is 2.51. The zero-order valence-electron chi connectivity index (χ0n) is 18.1. The first kappa shape index (κ1) is 21.8. The molecule has 1 N–H and O–H groups in total. The van der Waals surface area contributed by atoms with Gasteiger partial charge in [-0.25, -0.2) is 4.39 Å². The maximum absolute atomic E-state index is 15.1. The van der Waals surface area contributed by atoms with Gasteiger partial charge in [0.15, 0.2) is 23.2 Å². The minimum Gasteiger partial charge on any atom is -0.490 e. The van der Waals surface area contributed by atoms with Gasteiger partial charge in [-0.05, 0) is 49.7 Å². The fourth-order valence-corrected chi connectivity index (χ4v) is 5.40. The van der Waals surface area contributed by atoms with E-state index >= 15 is 4.39 Å². The van der Waals surface area contributed by atoms with Crippen molar-refractivity contribution in [2.45, 2.75) is 77.6 Å². The monoisotopic (exact) mass is 432 g/mol. The molecule has 0 saturated heterocycles. The summed E-state index contributed by atoms with van der Waals surface area (Å²) in [7, 11) is 0. The molecular weight excluding hydrogens is 402 g/mol. The standard InChI is InChI=1S/C23H30F2N4O2/c1-2-3-11-23(16-8-5-4-6-9-16)14-15-13-17(20(24)21(25)19(15)22(23)30)31-12-7-10-18-26-28-29-27-18/h13,16H,2-12,14H2,1H3,(H,26,27,28,29)/t23-/m0/s1. The number of H-pyrrole nitrogens is 1. The van der Waals surface area contributed by atoms with Crippen molar-refractivity contribution in [2.24, 2.45) is 11.3 Å². The molecule has 1 heterocycles. The molecule has 0 unspecified atom stereocenters. The predicted octanol–water partition coefficient (Wildman–Crippen LogP) is 4.99. The van der Waals surface area contributed by atoms with Crippen LogP contribution >= 0.6 is 0 Å². The number of tetrazole rings is 1. The Labute approximate surface area is 181 Å². The summed E-state index contributed by atoms with van der Waals surface area (Å²) in [6.07, 6.45) is 9.56. The lowest BCUT2D eigenvalue weighted by atomic mass is 9.64. The Kier molecular flexibility index (Phi) is 6.62. The average molecular weight is 433 g/mol. The van der Waals surface area contributed by atoms with Gasteiger partial charge in [-0.3, -0.25) is 4.79 Å². The Balaban J connectivity index is 1.54. The minimum atomic E-state index is -1.07. The van der Waals surface area contributed by atoms with Crippen LogP contribution in [-0.4, -0.2) is 33.0 Å². The molecule has 1 saturated carbocycles. The summed E-state index contributed by atoms with van der Waals surface area (Å²) in [6.45, 7) is 2.29. The fraction of sp³-hybridized carbons (Fsp3) is 0.652. The number of aromatic nitrogens is 4. The topological polar surface area (TPSA) is 80.8 Å². The summed E-state index contributed by atoms with van der Waals surface area (Å²) in [5, 5.41) is 13.6. The van der Waals surface area contributed by atoms with Crippen LogP contribution in [0.15, 0.2) is 6.07 Å². The van der Waals surface area contributed by atoms with Crippen LogP contribution < -0.4 is 4.74 Å². The zero-order chi connectivity index (χ0) is 21.8. The van der Waals surface area contributed by atoms with Crippen LogP contribution in [-0.2, 0) is 12.8 Å². The molecule has 0 bridgehead atoms. The second-order valence-electron chi connectivity index (χ2n) is 8.92. The predicted molar refractivity (Wildman–Crippen MR) is 111 cm³/mol. The smallest absolute Gasteiger partial charge is 0.201 e. The summed E-state index contributed by atoms with van der Waals surface area (Å²) in [5.41, 5.74) is -0.0411. The third-order valence-corrected chi connectivity index (χ3v) is 6.99. The van der Waals surface area contributed by atoms with Crippen molar-refractivity contribution in [3.8, 4) is 5.75 Å². The van der Waals surface area contributed by atoms with E-state index in [1.165, 1.54) is 6.42 Å². The van der Waals surface area contributed by atoms with Gasteiger partial charge in [0, 0.05) is 11.8 Å². The Bertz CT molecular complexity index is 913. The second kappa shape index (κ2) is 9.40. The van der Waals surface area contributed by atoms with E-state index in [4.69, 9.17) is 4.74 Å². The first-order valence-corrected chi connectivity index (χ1v) is 11.5. The van der Waals surface area contributed by atoms with E-state index in [0.29, 0.717) is 30.7 Å². The van der Waals surface area contributed by atoms with Crippen LogP contribution in [0, 0.1) is 23.0 Å². The van der Waals surface area contributed by atoms with Gasteiger partial charge in [0.1, 0.15) is 0 Å². The molecule has 168 valence electrons. The van der Waals surface area contributed by atoms with E-state index in [1.807, 2.05) is 0 Å². The van der Waals surface area contributed by atoms with Gasteiger partial charge in [-0.2, -0.15) is 9.60 Å². The van der Waals surface area contributed by atoms with Gasteiger partial charge in [0.2, 0.25) is 5.82 Å². The van der Waals surface area contributed by atoms with Gasteiger partial charge >= 0.3 is 0 Å².